The van der Waals surface area contributed by atoms with E-state index in [0.717, 1.165) is 25.7 Å². The first-order valence-electron chi connectivity index (χ1n) is 3.47. The van der Waals surface area contributed by atoms with Crippen LogP contribution < -0.4 is 0 Å². The Hall–Kier alpha value is 0.208. The molecule has 1 N–H and O–H groups in total. The Bertz CT molecular complexity index is 131. The van der Waals surface area contributed by atoms with E-state index in [0.29, 0.717) is 0 Å². The largest absolute Gasteiger partial charge is 2.00 e. The molecule has 1 nitrogen and oxygen atoms in total. The van der Waals surface area contributed by atoms with Crippen LogP contribution >= 0.6 is 0 Å². The van der Waals surface area contributed by atoms with Crippen LogP contribution in [0.3, 0.4) is 0 Å². The summed E-state index contributed by atoms with van der Waals surface area (Å²) in [5.74, 6) is 2.44. The van der Waals surface area contributed by atoms with Crippen molar-refractivity contribution in [2.45, 2.75) is 37.7 Å². The van der Waals surface area contributed by atoms with E-state index in [-0.39, 0.29) is 21.1 Å². The van der Waals surface area contributed by atoms with Gasteiger partial charge in [-0.05, 0) is 25.7 Å². The second-order valence-electron chi connectivity index (χ2n) is 2.74. The van der Waals surface area contributed by atoms with Crippen LogP contribution in [0, 0.1) is 12.3 Å². The summed E-state index contributed by atoms with van der Waals surface area (Å²) in [5, 5.41) is 9.44. The van der Waals surface area contributed by atoms with Crippen molar-refractivity contribution in [2.24, 2.45) is 0 Å². The van der Waals surface area contributed by atoms with E-state index in [2.05, 4.69) is 5.92 Å². The molecular weight excluding hydrogens is 307 g/mol. The molecule has 0 atom stereocenters. The molecule has 0 heterocycles. The third-order valence-corrected chi connectivity index (χ3v) is 1.95. The third-order valence-electron chi connectivity index (χ3n) is 1.95. The van der Waals surface area contributed by atoms with E-state index >= 15 is 0 Å². The maximum Gasteiger partial charge on any atom is 2.00 e. The Kier molecular flexibility index (Phi) is 4.25. The van der Waals surface area contributed by atoms with Gasteiger partial charge in [0.05, 0.1) is 0 Å². The minimum atomic E-state index is -0.752. The molecule has 0 aromatic heterocycles. The third kappa shape index (κ3) is 2.44. The molecule has 0 aliphatic heterocycles. The zero-order chi connectivity index (χ0) is 6.74. The zero-order valence-electron chi connectivity index (χ0n) is 5.88. The van der Waals surface area contributed by atoms with Crippen molar-refractivity contribution in [3.63, 3.8) is 0 Å². The normalized spacial score (nSPS) is 22.4. The molecule has 0 aromatic carbocycles. The summed E-state index contributed by atoms with van der Waals surface area (Å²) in [4.78, 5) is 0. The average molecular weight is 319 g/mol. The molecule has 1 rings (SSSR count). The van der Waals surface area contributed by atoms with Gasteiger partial charge in [0.25, 0.3) is 0 Å². The molecule has 2 heteroatoms. The number of hydrogen-bond donors (Lipinski definition) is 1. The molecule has 0 spiro atoms. The summed E-state index contributed by atoms with van der Waals surface area (Å²) >= 11 is 0. The summed E-state index contributed by atoms with van der Waals surface area (Å²) in [5.41, 5.74) is -0.752. The maximum atomic E-state index is 9.44. The fourth-order valence-electron chi connectivity index (χ4n) is 1.28. The Morgan fingerprint density at radius 3 is 2.00 bits per heavy atom. The first kappa shape index (κ1) is 10.2. The van der Waals surface area contributed by atoms with Crippen molar-refractivity contribution in [2.75, 3.05) is 0 Å². The molecule has 0 amide bonds. The van der Waals surface area contributed by atoms with Gasteiger partial charge in [-0.3, -0.25) is 0 Å². The molecule has 0 aromatic rings. The van der Waals surface area contributed by atoms with Gasteiger partial charge in [0, 0.05) is 0 Å². The Balaban J connectivity index is 0.000000810. The molecule has 1 aliphatic rings. The second-order valence-corrected chi connectivity index (χ2v) is 2.74. The second kappa shape index (κ2) is 4.16. The smallest absolute Gasteiger partial charge is 0.378 e. The van der Waals surface area contributed by atoms with Crippen molar-refractivity contribution < 1.29 is 26.2 Å². The summed E-state index contributed by atoms with van der Waals surface area (Å²) in [6.07, 6.45) is 10.1. The van der Waals surface area contributed by atoms with E-state index in [1.54, 1.807) is 0 Å². The molecule has 1 aliphatic carbocycles. The zero-order valence-corrected chi connectivity index (χ0v) is 8.15. The predicted octanol–water partition coefficient (Wildman–Crippen LogP) is 1.31. The van der Waals surface area contributed by atoms with Crippen molar-refractivity contribution in [1.29, 1.82) is 0 Å². The van der Waals surface area contributed by atoms with E-state index in [1.807, 2.05) is 0 Å². The Labute approximate surface area is 76.5 Å². The summed E-state index contributed by atoms with van der Waals surface area (Å²) in [6, 6.07) is 0. The summed E-state index contributed by atoms with van der Waals surface area (Å²) in [6.45, 7) is 0. The molecular formula is C8H12OPt+2. The molecule has 0 unspecified atom stereocenters. The van der Waals surface area contributed by atoms with Gasteiger partial charge in [0.15, 0.2) is 0 Å². The van der Waals surface area contributed by atoms with Gasteiger partial charge >= 0.3 is 21.1 Å². The van der Waals surface area contributed by atoms with Crippen molar-refractivity contribution in [3.05, 3.63) is 0 Å². The fourth-order valence-corrected chi connectivity index (χ4v) is 1.28. The van der Waals surface area contributed by atoms with Crippen LogP contribution in [0.5, 0.6) is 0 Å². The number of terminal acetylenes is 1. The van der Waals surface area contributed by atoms with E-state index in [1.165, 1.54) is 6.42 Å². The molecule has 58 valence electrons. The van der Waals surface area contributed by atoms with Crippen molar-refractivity contribution >= 4 is 0 Å². The van der Waals surface area contributed by atoms with Gasteiger partial charge in [0.1, 0.15) is 5.60 Å². The Morgan fingerprint density at radius 2 is 1.70 bits per heavy atom. The number of rotatable bonds is 0. The van der Waals surface area contributed by atoms with Crippen LogP contribution in [-0.2, 0) is 21.1 Å². The van der Waals surface area contributed by atoms with E-state index < -0.39 is 5.60 Å². The predicted molar refractivity (Wildman–Crippen MR) is 36.9 cm³/mol. The molecule has 1 fully saturated rings. The maximum absolute atomic E-state index is 9.44. The van der Waals surface area contributed by atoms with Crippen LogP contribution in [0.1, 0.15) is 32.1 Å². The van der Waals surface area contributed by atoms with Gasteiger partial charge in [-0.25, -0.2) is 0 Å². The van der Waals surface area contributed by atoms with Crippen LogP contribution in [-0.4, -0.2) is 10.7 Å². The van der Waals surface area contributed by atoms with Gasteiger partial charge in [-0.15, -0.1) is 6.42 Å². The van der Waals surface area contributed by atoms with Gasteiger partial charge in [0.2, 0.25) is 0 Å². The van der Waals surface area contributed by atoms with Crippen LogP contribution in [0.4, 0.5) is 0 Å². The van der Waals surface area contributed by atoms with E-state index in [4.69, 9.17) is 6.42 Å². The van der Waals surface area contributed by atoms with Gasteiger partial charge in [-0.2, -0.15) is 0 Å². The quantitative estimate of drug-likeness (QED) is 0.668. The van der Waals surface area contributed by atoms with Crippen LogP contribution in [0.2, 0.25) is 0 Å². The number of hydrogen-bond acceptors (Lipinski definition) is 1. The summed E-state index contributed by atoms with van der Waals surface area (Å²) < 4.78 is 0. The van der Waals surface area contributed by atoms with Crippen molar-refractivity contribution in [3.8, 4) is 12.3 Å². The van der Waals surface area contributed by atoms with E-state index in [9.17, 15) is 5.11 Å². The molecule has 10 heavy (non-hydrogen) atoms. The standard InChI is InChI=1S/C8H12O.Pt/c1-2-8(9)6-4-3-5-7-8;/h1,9H,3-7H2;/q;+2. The molecule has 1 saturated carbocycles. The van der Waals surface area contributed by atoms with Crippen LogP contribution in [0.25, 0.3) is 0 Å². The average Bonchev–Trinajstić information content (AvgIpc) is 1.90. The van der Waals surface area contributed by atoms with Gasteiger partial charge < -0.3 is 5.11 Å². The molecule has 0 bridgehead atoms. The monoisotopic (exact) mass is 319 g/mol. The SMILES string of the molecule is C#CC1(O)CCCCC1.[Pt+2]. The fraction of sp³-hybridized carbons (Fsp3) is 0.750. The van der Waals surface area contributed by atoms with Gasteiger partial charge in [-0.1, -0.05) is 12.3 Å². The van der Waals surface area contributed by atoms with Crippen molar-refractivity contribution in [1.82, 2.24) is 0 Å². The molecule has 0 saturated heterocycles. The topological polar surface area (TPSA) is 20.2 Å². The minimum absolute atomic E-state index is 0. The molecule has 0 radical (unpaired) electrons. The first-order valence-corrected chi connectivity index (χ1v) is 3.47. The first-order chi connectivity index (χ1) is 4.27. The number of aliphatic hydroxyl groups is 1. The van der Waals surface area contributed by atoms with Crippen LogP contribution in [0.15, 0.2) is 0 Å². The summed E-state index contributed by atoms with van der Waals surface area (Å²) in [7, 11) is 0. The Morgan fingerprint density at radius 1 is 1.20 bits per heavy atom. The minimum Gasteiger partial charge on any atom is -0.378 e.